The fourth-order valence-electron chi connectivity index (χ4n) is 2.63. The molecule has 3 rings (SSSR count). The van der Waals surface area contributed by atoms with E-state index in [-0.39, 0.29) is 55.0 Å². The van der Waals surface area contributed by atoms with Gasteiger partial charge in [0.1, 0.15) is 12.6 Å². The molecule has 0 bridgehead atoms. The van der Waals surface area contributed by atoms with Crippen LogP contribution < -0.4 is 5.73 Å². The van der Waals surface area contributed by atoms with Gasteiger partial charge >= 0.3 is 39.9 Å². The summed E-state index contributed by atoms with van der Waals surface area (Å²) in [5, 5.41) is 10.6. The van der Waals surface area contributed by atoms with Crippen LogP contribution in [0.4, 0.5) is 5.95 Å². The summed E-state index contributed by atoms with van der Waals surface area (Å²) in [6.45, 7) is -0.0529. The molecular formula is C8H12N7NaO5S. The summed E-state index contributed by atoms with van der Waals surface area (Å²) in [6.07, 6.45) is 0.273. The first-order valence-electron chi connectivity index (χ1n) is 5.92. The van der Waals surface area contributed by atoms with Crippen molar-refractivity contribution in [3.63, 3.8) is 0 Å². The summed E-state index contributed by atoms with van der Waals surface area (Å²) in [6, 6.07) is -1.59. The molecule has 2 saturated heterocycles. The topological polar surface area (TPSA) is 165 Å². The van der Waals surface area contributed by atoms with Gasteiger partial charge in [0.15, 0.2) is 0 Å². The zero-order chi connectivity index (χ0) is 15.4. The molecule has 0 aromatic carbocycles. The number of nitrogens with zero attached hydrogens (tertiary/aromatic N) is 6. The van der Waals surface area contributed by atoms with Gasteiger partial charge in [-0.15, -0.1) is 5.10 Å². The standard InChI is InChI=1S/C8H11N7O5S.Na.H/c9-8-10-12-14(11-8)3-5(16)13-2-1-4-6(13)7(17)15(4)21(18,19)20;;/h4,6H,1-3H2,(H2,9,11)(H,18,19,20);;/t4-,6+;;/m1../s1. The molecule has 116 valence electrons. The molecule has 3 heterocycles. The summed E-state index contributed by atoms with van der Waals surface area (Å²) in [5.74, 6) is -1.36. The Hall–Kier alpha value is -1.28. The molecule has 2 amide bonds. The van der Waals surface area contributed by atoms with Gasteiger partial charge in [0.25, 0.3) is 11.9 Å². The summed E-state index contributed by atoms with van der Waals surface area (Å²) < 4.78 is 31.4. The van der Waals surface area contributed by atoms with Gasteiger partial charge in [0.05, 0.1) is 6.04 Å². The van der Waals surface area contributed by atoms with Crippen molar-refractivity contribution in [2.45, 2.75) is 25.0 Å². The predicted octanol–water partition coefficient (Wildman–Crippen LogP) is -3.78. The van der Waals surface area contributed by atoms with E-state index in [0.29, 0.717) is 4.31 Å². The van der Waals surface area contributed by atoms with Crippen LogP contribution in [0.15, 0.2) is 0 Å². The second-order valence-corrected chi connectivity index (χ2v) is 5.97. The van der Waals surface area contributed by atoms with E-state index in [1.54, 1.807) is 0 Å². The van der Waals surface area contributed by atoms with E-state index in [4.69, 9.17) is 10.3 Å². The molecule has 12 nitrogen and oxygen atoms in total. The molecule has 2 atom stereocenters. The molecule has 0 saturated carbocycles. The molecule has 1 aromatic heterocycles. The molecule has 22 heavy (non-hydrogen) atoms. The SMILES string of the molecule is Nc1nnn(CC(=O)N2CC[C@@H]3[C@H]2C(=O)N3S(=O)(=O)O)n1.[NaH]. The predicted molar refractivity (Wildman–Crippen MR) is 71.7 cm³/mol. The van der Waals surface area contributed by atoms with Crippen LogP contribution in [0.5, 0.6) is 0 Å². The number of nitrogens with two attached hydrogens (primary N) is 1. The Morgan fingerprint density at radius 1 is 1.45 bits per heavy atom. The normalized spacial score (nSPS) is 23.8. The van der Waals surface area contributed by atoms with Gasteiger partial charge in [-0.05, 0) is 11.6 Å². The minimum absolute atomic E-state index is 0. The molecule has 1 aromatic rings. The van der Waals surface area contributed by atoms with Crippen LogP contribution in [-0.2, 0) is 26.4 Å². The maximum atomic E-state index is 12.1. The van der Waals surface area contributed by atoms with Gasteiger partial charge in [-0.1, -0.05) is 5.10 Å². The molecule has 2 aliphatic rings. The van der Waals surface area contributed by atoms with Gasteiger partial charge in [-0.2, -0.15) is 13.2 Å². The number of carbonyl (C=O) groups is 2. The Kier molecular flexibility index (Phi) is 4.45. The van der Waals surface area contributed by atoms with Crippen LogP contribution in [0, 0.1) is 0 Å². The van der Waals surface area contributed by atoms with E-state index in [9.17, 15) is 18.0 Å². The number of nitrogen functional groups attached to an aromatic ring is 1. The van der Waals surface area contributed by atoms with Crippen LogP contribution in [-0.4, -0.2) is 102 Å². The van der Waals surface area contributed by atoms with Crippen molar-refractivity contribution in [1.82, 2.24) is 29.4 Å². The van der Waals surface area contributed by atoms with Crippen molar-refractivity contribution < 1.29 is 22.6 Å². The van der Waals surface area contributed by atoms with Gasteiger partial charge in [0, 0.05) is 6.54 Å². The molecule has 0 radical (unpaired) electrons. The first-order chi connectivity index (χ1) is 9.79. The second kappa shape index (κ2) is 5.73. The van der Waals surface area contributed by atoms with Crippen molar-refractivity contribution in [2.75, 3.05) is 12.3 Å². The van der Waals surface area contributed by atoms with Crippen molar-refractivity contribution in [2.24, 2.45) is 0 Å². The van der Waals surface area contributed by atoms with E-state index in [1.807, 2.05) is 0 Å². The van der Waals surface area contributed by atoms with Crippen LogP contribution in [0.3, 0.4) is 0 Å². The quantitative estimate of drug-likeness (QED) is 0.319. The Morgan fingerprint density at radius 2 is 2.14 bits per heavy atom. The molecule has 0 unspecified atom stereocenters. The third-order valence-corrected chi connectivity index (χ3v) is 4.40. The summed E-state index contributed by atoms with van der Waals surface area (Å²) in [7, 11) is -4.58. The van der Waals surface area contributed by atoms with E-state index in [0.717, 1.165) is 4.80 Å². The van der Waals surface area contributed by atoms with E-state index >= 15 is 0 Å². The number of rotatable bonds is 3. The minimum atomic E-state index is -4.58. The number of amides is 2. The van der Waals surface area contributed by atoms with Gasteiger partial charge in [-0.25, -0.2) is 4.31 Å². The molecule has 0 aliphatic carbocycles. The summed E-state index contributed by atoms with van der Waals surface area (Å²) in [5.41, 5.74) is 5.27. The summed E-state index contributed by atoms with van der Waals surface area (Å²) in [4.78, 5) is 26.1. The fraction of sp³-hybridized carbons (Fsp3) is 0.625. The molecular weight excluding hydrogens is 329 g/mol. The van der Waals surface area contributed by atoms with Crippen LogP contribution in [0.25, 0.3) is 0 Å². The van der Waals surface area contributed by atoms with Crippen molar-refractivity contribution in [3.05, 3.63) is 0 Å². The number of β-lactam (4-membered cyclic amide) rings is 1. The average Bonchev–Trinajstić information content (AvgIpc) is 2.91. The number of likely N-dealkylation sites (tertiary alicyclic amines) is 1. The van der Waals surface area contributed by atoms with E-state index in [1.165, 1.54) is 4.90 Å². The number of anilines is 1. The van der Waals surface area contributed by atoms with Crippen LogP contribution >= 0.6 is 0 Å². The van der Waals surface area contributed by atoms with Crippen molar-refractivity contribution in [1.29, 1.82) is 0 Å². The zero-order valence-corrected chi connectivity index (χ0v) is 11.3. The number of hydrogen-bond donors (Lipinski definition) is 2. The zero-order valence-electron chi connectivity index (χ0n) is 10.5. The Bertz CT molecular complexity index is 720. The average molecular weight is 341 g/mol. The molecule has 3 N–H and O–H groups in total. The van der Waals surface area contributed by atoms with E-state index < -0.39 is 34.2 Å². The number of carbonyl (C=O) groups excluding carboxylic acids is 2. The number of fused-ring (bicyclic) bond motifs is 1. The van der Waals surface area contributed by atoms with E-state index in [2.05, 4.69) is 15.4 Å². The van der Waals surface area contributed by atoms with Gasteiger partial charge in [0.2, 0.25) is 5.91 Å². The number of tetrazole rings is 1. The van der Waals surface area contributed by atoms with Crippen LogP contribution in [0.1, 0.15) is 6.42 Å². The Morgan fingerprint density at radius 3 is 2.68 bits per heavy atom. The van der Waals surface area contributed by atoms with Crippen molar-refractivity contribution in [3.8, 4) is 0 Å². The van der Waals surface area contributed by atoms with Gasteiger partial charge < -0.3 is 10.6 Å². The fourth-order valence-corrected chi connectivity index (χ4v) is 3.53. The van der Waals surface area contributed by atoms with Crippen LogP contribution in [0.2, 0.25) is 0 Å². The monoisotopic (exact) mass is 341 g/mol. The number of aromatic nitrogens is 4. The second-order valence-electron chi connectivity index (χ2n) is 4.68. The Labute approximate surface area is 146 Å². The summed E-state index contributed by atoms with van der Waals surface area (Å²) >= 11 is 0. The third-order valence-electron chi connectivity index (χ3n) is 3.45. The first-order valence-corrected chi connectivity index (χ1v) is 7.32. The number of hydrogen-bond acceptors (Lipinski definition) is 8. The first kappa shape index (κ1) is 17.1. The van der Waals surface area contributed by atoms with Crippen molar-refractivity contribution >= 4 is 57.6 Å². The maximum absolute atomic E-state index is 12.1. The van der Waals surface area contributed by atoms with Gasteiger partial charge in [-0.3, -0.25) is 14.1 Å². The molecule has 2 fully saturated rings. The third kappa shape index (κ3) is 2.69. The molecule has 0 spiro atoms. The molecule has 14 heteroatoms. The molecule has 2 aliphatic heterocycles. The Balaban J connectivity index is 0.00000176.